The first-order valence-electron chi connectivity index (χ1n) is 4.52. The van der Waals surface area contributed by atoms with Crippen molar-refractivity contribution in [1.29, 1.82) is 0 Å². The summed E-state index contributed by atoms with van der Waals surface area (Å²) in [5.41, 5.74) is 0. The van der Waals surface area contributed by atoms with Crippen LogP contribution in [0.5, 0.6) is 0 Å². The highest BCUT2D eigenvalue weighted by Crippen LogP contribution is 1.94. The van der Waals surface area contributed by atoms with Crippen molar-refractivity contribution in [3.05, 3.63) is 0 Å². The lowest BCUT2D eigenvalue weighted by molar-refractivity contribution is -0.121. The Morgan fingerprint density at radius 1 is 1.43 bits per heavy atom. The van der Waals surface area contributed by atoms with Crippen molar-refractivity contribution in [3.63, 3.8) is 0 Å². The molecule has 0 aromatic carbocycles. The van der Waals surface area contributed by atoms with E-state index in [1.807, 2.05) is 0 Å². The number of rotatable bonds is 9. The average Bonchev–Trinajstić information content (AvgIpc) is 2.22. The highest BCUT2D eigenvalue weighted by Gasteiger charge is 2.03. The molecule has 82 valence electrons. The summed E-state index contributed by atoms with van der Waals surface area (Å²) in [7, 11) is 2.63. The minimum Gasteiger partial charge on any atom is -0.419 e. The number of ether oxygens (including phenoxy) is 2. The third kappa shape index (κ3) is 8.09. The summed E-state index contributed by atoms with van der Waals surface area (Å²) in [6.07, 6.45) is 2.13. The smallest absolute Gasteiger partial charge is 0.234 e. The quantitative estimate of drug-likeness (QED) is 0.178. The van der Waals surface area contributed by atoms with E-state index in [9.17, 15) is 4.79 Å². The van der Waals surface area contributed by atoms with Crippen LogP contribution in [0.4, 0.5) is 0 Å². The van der Waals surface area contributed by atoms with Gasteiger partial charge in [-0.25, -0.2) is 9.79 Å². The fourth-order valence-corrected chi connectivity index (χ4v) is 1.84. The van der Waals surface area contributed by atoms with E-state index in [-0.39, 0.29) is 6.29 Å². The van der Waals surface area contributed by atoms with Gasteiger partial charge in [-0.15, -0.1) is 0 Å². The molecule has 0 heterocycles. The maximum atomic E-state index is 9.72. The monoisotopic (exact) mass is 219 g/mol. The average molecular weight is 219 g/mol. The SMILES string of the molecule is COC(CO[SiH2]CCCN=C=O)OC. The summed E-state index contributed by atoms with van der Waals surface area (Å²) in [5.74, 6) is 0. The zero-order valence-corrected chi connectivity index (χ0v) is 10.1. The number of hydrogen-bond acceptors (Lipinski definition) is 5. The molecule has 0 rings (SSSR count). The third-order valence-corrected chi connectivity index (χ3v) is 2.97. The van der Waals surface area contributed by atoms with Crippen molar-refractivity contribution >= 4 is 15.8 Å². The molecular formula is C8H17NO4Si. The first-order valence-corrected chi connectivity index (χ1v) is 6.09. The van der Waals surface area contributed by atoms with Crippen LogP contribution in [-0.2, 0) is 18.7 Å². The van der Waals surface area contributed by atoms with Gasteiger partial charge in [0.1, 0.15) is 0 Å². The summed E-state index contributed by atoms with van der Waals surface area (Å²) in [4.78, 5) is 13.2. The Bertz CT molecular complexity index is 169. The highest BCUT2D eigenvalue weighted by molar-refractivity contribution is 6.26. The maximum absolute atomic E-state index is 9.72. The van der Waals surface area contributed by atoms with Gasteiger partial charge in [0.2, 0.25) is 6.08 Å². The molecule has 5 nitrogen and oxygen atoms in total. The molecular weight excluding hydrogens is 202 g/mol. The number of methoxy groups -OCH3 is 2. The van der Waals surface area contributed by atoms with Gasteiger partial charge in [0, 0.05) is 14.2 Å². The van der Waals surface area contributed by atoms with Gasteiger partial charge in [0.15, 0.2) is 16.1 Å². The van der Waals surface area contributed by atoms with Gasteiger partial charge < -0.3 is 13.9 Å². The second-order valence-corrected chi connectivity index (χ2v) is 4.18. The van der Waals surface area contributed by atoms with Gasteiger partial charge >= 0.3 is 0 Å². The van der Waals surface area contributed by atoms with Gasteiger partial charge in [0.05, 0.1) is 13.2 Å². The Hall–Kier alpha value is -0.523. The minimum atomic E-state index is -0.528. The number of carbonyl (C=O) groups excluding carboxylic acids is 1. The molecule has 14 heavy (non-hydrogen) atoms. The highest BCUT2D eigenvalue weighted by atomic mass is 28.2. The van der Waals surface area contributed by atoms with Crippen LogP contribution in [0.2, 0.25) is 6.04 Å². The van der Waals surface area contributed by atoms with E-state index >= 15 is 0 Å². The van der Waals surface area contributed by atoms with E-state index in [0.29, 0.717) is 13.2 Å². The lowest BCUT2D eigenvalue weighted by Gasteiger charge is -2.13. The summed E-state index contributed by atoms with van der Waals surface area (Å²) in [6.45, 7) is 1.04. The Labute approximate surface area is 86.4 Å². The summed E-state index contributed by atoms with van der Waals surface area (Å²) >= 11 is 0. The molecule has 0 aromatic rings. The molecule has 0 radical (unpaired) electrons. The predicted molar refractivity (Wildman–Crippen MR) is 54.7 cm³/mol. The summed E-state index contributed by atoms with van der Waals surface area (Å²) in [6, 6.07) is 1.01. The Balaban J connectivity index is 3.15. The fourth-order valence-electron chi connectivity index (χ4n) is 0.852. The zero-order chi connectivity index (χ0) is 10.6. The lowest BCUT2D eigenvalue weighted by Crippen LogP contribution is -2.21. The first kappa shape index (κ1) is 13.5. The van der Waals surface area contributed by atoms with Crippen LogP contribution in [-0.4, -0.2) is 49.5 Å². The number of aliphatic imine (C=N–C) groups is 1. The van der Waals surface area contributed by atoms with Crippen LogP contribution in [0, 0.1) is 0 Å². The molecule has 0 saturated carbocycles. The van der Waals surface area contributed by atoms with Crippen LogP contribution in [0.25, 0.3) is 0 Å². The molecule has 0 atom stereocenters. The topological polar surface area (TPSA) is 57.1 Å². The largest absolute Gasteiger partial charge is 0.419 e. The van der Waals surface area contributed by atoms with Crippen LogP contribution in [0.1, 0.15) is 6.42 Å². The zero-order valence-electron chi connectivity index (χ0n) is 8.69. The number of nitrogens with zero attached hydrogens (tertiary/aromatic N) is 1. The van der Waals surface area contributed by atoms with Crippen LogP contribution < -0.4 is 0 Å². The number of hydrogen-bond donors (Lipinski definition) is 0. The van der Waals surface area contributed by atoms with Crippen molar-refractivity contribution in [3.8, 4) is 0 Å². The van der Waals surface area contributed by atoms with Crippen molar-refractivity contribution in [2.45, 2.75) is 18.8 Å². The van der Waals surface area contributed by atoms with Crippen molar-refractivity contribution in [1.82, 2.24) is 0 Å². The fraction of sp³-hybridized carbons (Fsp3) is 0.875. The molecule has 0 amide bonds. The molecule has 0 spiro atoms. The summed E-state index contributed by atoms with van der Waals surface area (Å²) < 4.78 is 15.3. The second-order valence-electron chi connectivity index (χ2n) is 2.66. The van der Waals surface area contributed by atoms with Crippen molar-refractivity contribution in [2.24, 2.45) is 4.99 Å². The lowest BCUT2D eigenvalue weighted by atomic mass is 10.5. The third-order valence-electron chi connectivity index (χ3n) is 1.65. The molecule has 0 fully saturated rings. The van der Waals surface area contributed by atoms with Crippen LogP contribution in [0.3, 0.4) is 0 Å². The van der Waals surface area contributed by atoms with Gasteiger partial charge in [-0.3, -0.25) is 0 Å². The molecule has 0 aliphatic rings. The number of isocyanates is 1. The van der Waals surface area contributed by atoms with Crippen LogP contribution >= 0.6 is 0 Å². The minimum absolute atomic E-state index is 0.268. The predicted octanol–water partition coefficient (Wildman–Crippen LogP) is -0.150. The molecule has 6 heteroatoms. The van der Waals surface area contributed by atoms with Gasteiger partial charge in [-0.1, -0.05) is 0 Å². The van der Waals surface area contributed by atoms with E-state index < -0.39 is 9.76 Å². The van der Waals surface area contributed by atoms with Crippen molar-refractivity contribution < 1.29 is 18.7 Å². The Morgan fingerprint density at radius 3 is 2.71 bits per heavy atom. The summed E-state index contributed by atoms with van der Waals surface area (Å²) in [5, 5.41) is 0. The molecule has 0 aliphatic heterocycles. The van der Waals surface area contributed by atoms with E-state index in [0.717, 1.165) is 12.5 Å². The van der Waals surface area contributed by atoms with E-state index in [1.165, 1.54) is 6.08 Å². The first-order chi connectivity index (χ1) is 6.85. The maximum Gasteiger partial charge on any atom is 0.234 e. The molecule has 0 N–H and O–H groups in total. The van der Waals surface area contributed by atoms with Gasteiger partial charge in [-0.05, 0) is 12.5 Å². The van der Waals surface area contributed by atoms with Crippen molar-refractivity contribution in [2.75, 3.05) is 27.4 Å². The standard InChI is InChI=1S/C8H17NO4Si/c1-11-8(12-2)6-13-14-5-3-4-9-7-10/h8H,3-6,14H2,1-2H3. The molecule has 0 aliphatic carbocycles. The molecule has 0 bridgehead atoms. The molecule has 0 aromatic heterocycles. The molecule has 0 unspecified atom stereocenters. The van der Waals surface area contributed by atoms with Gasteiger partial charge in [-0.2, -0.15) is 0 Å². The Kier molecular flexibility index (Phi) is 10.2. The molecule has 0 saturated heterocycles. The second kappa shape index (κ2) is 10.6. The van der Waals surface area contributed by atoms with E-state index in [2.05, 4.69) is 4.99 Å². The van der Waals surface area contributed by atoms with Gasteiger partial charge in [0.25, 0.3) is 0 Å². The normalized spacial score (nSPS) is 11.1. The van der Waals surface area contributed by atoms with Crippen LogP contribution in [0.15, 0.2) is 4.99 Å². The van der Waals surface area contributed by atoms with E-state index in [1.54, 1.807) is 14.2 Å². The Morgan fingerprint density at radius 2 is 2.14 bits per heavy atom. The van der Waals surface area contributed by atoms with E-state index in [4.69, 9.17) is 13.9 Å².